The monoisotopic (exact) mass is 342 g/mol. The summed E-state index contributed by atoms with van der Waals surface area (Å²) in [5.74, 6) is 0.445. The highest BCUT2D eigenvalue weighted by Gasteiger charge is 2.17. The SMILES string of the molecule is COCC(N)c1noc(-c2cc(Br)cc([N+](=O)[O-])c2)n1. The van der Waals surface area contributed by atoms with E-state index in [0.29, 0.717) is 10.0 Å². The summed E-state index contributed by atoms with van der Waals surface area (Å²) in [6.07, 6.45) is 0. The van der Waals surface area contributed by atoms with Crippen molar-refractivity contribution in [2.24, 2.45) is 5.73 Å². The molecule has 0 fully saturated rings. The van der Waals surface area contributed by atoms with Crippen LogP contribution in [0.3, 0.4) is 0 Å². The van der Waals surface area contributed by atoms with Crippen LogP contribution in [0.15, 0.2) is 27.2 Å². The fourth-order valence-corrected chi connectivity index (χ4v) is 2.04. The molecule has 1 atom stereocenters. The molecule has 0 aliphatic heterocycles. The van der Waals surface area contributed by atoms with Gasteiger partial charge < -0.3 is 15.0 Å². The zero-order valence-corrected chi connectivity index (χ0v) is 12.0. The first-order valence-electron chi connectivity index (χ1n) is 5.54. The maximum atomic E-state index is 10.8. The van der Waals surface area contributed by atoms with Gasteiger partial charge in [0.05, 0.1) is 17.6 Å². The maximum Gasteiger partial charge on any atom is 0.271 e. The van der Waals surface area contributed by atoms with Gasteiger partial charge >= 0.3 is 0 Å². The Labute approximate surface area is 122 Å². The fraction of sp³-hybridized carbons (Fsp3) is 0.273. The second-order valence-corrected chi connectivity index (χ2v) is 4.89. The van der Waals surface area contributed by atoms with Crippen molar-refractivity contribution >= 4 is 21.6 Å². The summed E-state index contributed by atoms with van der Waals surface area (Å²) >= 11 is 3.20. The number of nitro benzene ring substituents is 1. The van der Waals surface area contributed by atoms with Crippen LogP contribution in [0.2, 0.25) is 0 Å². The summed E-state index contributed by atoms with van der Waals surface area (Å²) in [6.45, 7) is 0.248. The number of nitro groups is 1. The van der Waals surface area contributed by atoms with Gasteiger partial charge in [0.15, 0.2) is 5.82 Å². The lowest BCUT2D eigenvalue weighted by Crippen LogP contribution is -2.17. The Morgan fingerprint density at radius 2 is 2.30 bits per heavy atom. The first kappa shape index (κ1) is 14.6. The second kappa shape index (κ2) is 6.07. The van der Waals surface area contributed by atoms with Crippen LogP contribution in [0.5, 0.6) is 0 Å². The molecule has 1 unspecified atom stereocenters. The number of nitrogens with zero attached hydrogens (tertiary/aromatic N) is 3. The molecule has 1 aromatic heterocycles. The summed E-state index contributed by atoms with van der Waals surface area (Å²) in [5.41, 5.74) is 6.14. The Bertz CT molecular complexity index is 631. The topological polar surface area (TPSA) is 117 Å². The number of non-ortho nitro benzene ring substituents is 1. The number of ether oxygens (including phenoxy) is 1. The van der Waals surface area contributed by atoms with Gasteiger partial charge in [-0.2, -0.15) is 4.98 Å². The first-order valence-corrected chi connectivity index (χ1v) is 6.34. The quantitative estimate of drug-likeness (QED) is 0.652. The third-order valence-electron chi connectivity index (χ3n) is 2.46. The number of rotatable bonds is 5. The minimum atomic E-state index is -0.514. The summed E-state index contributed by atoms with van der Waals surface area (Å²) in [5, 5.41) is 14.6. The largest absolute Gasteiger partial charge is 0.383 e. The molecule has 0 aliphatic rings. The van der Waals surface area contributed by atoms with E-state index in [1.807, 2.05) is 0 Å². The molecule has 0 radical (unpaired) electrons. The lowest BCUT2D eigenvalue weighted by Gasteiger charge is -2.03. The average molecular weight is 343 g/mol. The van der Waals surface area contributed by atoms with E-state index in [9.17, 15) is 10.1 Å². The molecular weight excluding hydrogens is 332 g/mol. The highest BCUT2D eigenvalue weighted by Crippen LogP contribution is 2.28. The lowest BCUT2D eigenvalue weighted by atomic mass is 10.2. The number of benzene rings is 1. The minimum absolute atomic E-state index is 0.0738. The third kappa shape index (κ3) is 3.18. The Balaban J connectivity index is 2.34. The number of hydrogen-bond donors (Lipinski definition) is 1. The van der Waals surface area contributed by atoms with Crippen molar-refractivity contribution in [1.82, 2.24) is 10.1 Å². The number of hydrogen-bond acceptors (Lipinski definition) is 7. The van der Waals surface area contributed by atoms with Crippen molar-refractivity contribution in [2.45, 2.75) is 6.04 Å². The Morgan fingerprint density at radius 1 is 1.55 bits per heavy atom. The Kier molecular flexibility index (Phi) is 4.42. The first-order chi connectivity index (χ1) is 9.51. The van der Waals surface area contributed by atoms with Crippen LogP contribution in [0, 0.1) is 10.1 Å². The highest BCUT2D eigenvalue weighted by atomic mass is 79.9. The molecule has 0 amide bonds. The number of aromatic nitrogens is 2. The van der Waals surface area contributed by atoms with E-state index in [1.54, 1.807) is 6.07 Å². The molecule has 0 bridgehead atoms. The van der Waals surface area contributed by atoms with Crippen molar-refractivity contribution in [3.8, 4) is 11.5 Å². The third-order valence-corrected chi connectivity index (χ3v) is 2.92. The summed E-state index contributed by atoms with van der Waals surface area (Å²) in [7, 11) is 1.51. The van der Waals surface area contributed by atoms with Gasteiger partial charge in [0.2, 0.25) is 0 Å². The van der Waals surface area contributed by atoms with Crippen LogP contribution in [-0.2, 0) is 4.74 Å². The zero-order chi connectivity index (χ0) is 14.7. The zero-order valence-electron chi connectivity index (χ0n) is 10.4. The number of nitrogens with two attached hydrogens (primary N) is 1. The molecule has 0 saturated carbocycles. The van der Waals surface area contributed by atoms with Gasteiger partial charge in [0.25, 0.3) is 11.6 Å². The normalized spacial score (nSPS) is 12.3. The van der Waals surface area contributed by atoms with E-state index in [4.69, 9.17) is 15.0 Å². The second-order valence-electron chi connectivity index (χ2n) is 3.97. The molecule has 9 heteroatoms. The smallest absolute Gasteiger partial charge is 0.271 e. The molecule has 0 spiro atoms. The Morgan fingerprint density at radius 3 is 2.95 bits per heavy atom. The van der Waals surface area contributed by atoms with E-state index in [-0.39, 0.29) is 24.0 Å². The summed E-state index contributed by atoms with van der Waals surface area (Å²) in [4.78, 5) is 14.4. The van der Waals surface area contributed by atoms with Gasteiger partial charge in [-0.3, -0.25) is 10.1 Å². The van der Waals surface area contributed by atoms with Crippen LogP contribution in [-0.4, -0.2) is 28.8 Å². The van der Waals surface area contributed by atoms with Crippen molar-refractivity contribution < 1.29 is 14.2 Å². The average Bonchev–Trinajstić information content (AvgIpc) is 2.88. The fourth-order valence-electron chi connectivity index (χ4n) is 1.56. The van der Waals surface area contributed by atoms with Crippen molar-refractivity contribution in [1.29, 1.82) is 0 Å². The number of methoxy groups -OCH3 is 1. The van der Waals surface area contributed by atoms with Gasteiger partial charge in [0.1, 0.15) is 0 Å². The van der Waals surface area contributed by atoms with Gasteiger partial charge in [0, 0.05) is 29.3 Å². The van der Waals surface area contributed by atoms with E-state index in [0.717, 1.165) is 0 Å². The van der Waals surface area contributed by atoms with Crippen LogP contribution < -0.4 is 5.73 Å². The van der Waals surface area contributed by atoms with Crippen LogP contribution in [0.25, 0.3) is 11.5 Å². The van der Waals surface area contributed by atoms with Crippen LogP contribution in [0.1, 0.15) is 11.9 Å². The minimum Gasteiger partial charge on any atom is -0.383 e. The van der Waals surface area contributed by atoms with E-state index < -0.39 is 11.0 Å². The van der Waals surface area contributed by atoms with E-state index in [2.05, 4.69) is 26.1 Å². The molecule has 8 nitrogen and oxygen atoms in total. The van der Waals surface area contributed by atoms with Crippen LogP contribution in [0.4, 0.5) is 5.69 Å². The maximum absolute atomic E-state index is 10.8. The van der Waals surface area contributed by atoms with Gasteiger partial charge in [-0.05, 0) is 6.07 Å². The van der Waals surface area contributed by atoms with E-state index >= 15 is 0 Å². The van der Waals surface area contributed by atoms with Crippen LogP contribution >= 0.6 is 15.9 Å². The molecule has 1 aromatic carbocycles. The van der Waals surface area contributed by atoms with Gasteiger partial charge in [-0.1, -0.05) is 21.1 Å². The molecule has 2 aromatic rings. The molecule has 106 valence electrons. The highest BCUT2D eigenvalue weighted by molar-refractivity contribution is 9.10. The molecule has 1 heterocycles. The van der Waals surface area contributed by atoms with Crippen molar-refractivity contribution in [3.05, 3.63) is 38.6 Å². The molecule has 0 aliphatic carbocycles. The summed E-state index contributed by atoms with van der Waals surface area (Å²) < 4.78 is 10.5. The lowest BCUT2D eigenvalue weighted by molar-refractivity contribution is -0.384. The van der Waals surface area contributed by atoms with Crippen molar-refractivity contribution in [3.63, 3.8) is 0 Å². The molecule has 0 saturated heterocycles. The van der Waals surface area contributed by atoms with Gasteiger partial charge in [-0.15, -0.1) is 0 Å². The predicted octanol–water partition coefficient (Wildman–Crippen LogP) is 2.05. The number of halogens is 1. The molecule has 2 rings (SSSR count). The Hall–Kier alpha value is -1.84. The predicted molar refractivity (Wildman–Crippen MR) is 72.9 cm³/mol. The molecular formula is C11H11BrN4O4. The van der Waals surface area contributed by atoms with E-state index in [1.165, 1.54) is 19.2 Å². The van der Waals surface area contributed by atoms with Crippen molar-refractivity contribution in [2.75, 3.05) is 13.7 Å². The standard InChI is InChI=1S/C11H11BrN4O4/c1-19-5-9(13)10-14-11(20-15-10)6-2-7(12)4-8(3-6)16(17)18/h2-4,9H,5,13H2,1H3. The van der Waals surface area contributed by atoms with Gasteiger partial charge in [-0.25, -0.2) is 0 Å². The molecule has 2 N–H and O–H groups in total. The molecule has 20 heavy (non-hydrogen) atoms. The summed E-state index contributed by atoms with van der Waals surface area (Å²) in [6, 6.07) is 3.87.